The van der Waals surface area contributed by atoms with Crippen molar-refractivity contribution in [2.24, 2.45) is 0 Å². The molecule has 0 aliphatic carbocycles. The minimum absolute atomic E-state index is 0.230. The van der Waals surface area contributed by atoms with Crippen molar-refractivity contribution in [1.82, 2.24) is 5.32 Å². The lowest BCUT2D eigenvalue weighted by molar-refractivity contribution is -0.359. The minimum Gasteiger partial charge on any atom is -0.394 e. The Bertz CT molecular complexity index is 1650. The smallest absolute Gasteiger partial charge is 0.220 e. The summed E-state index contributed by atoms with van der Waals surface area (Å²) in [7, 11) is 0. The third-order valence-corrected chi connectivity index (χ3v) is 19.9. The van der Waals surface area contributed by atoms with Crippen LogP contribution in [-0.4, -0.2) is 140 Å². The van der Waals surface area contributed by atoms with Crippen molar-refractivity contribution >= 4 is 5.91 Å². The van der Waals surface area contributed by atoms with Crippen molar-refractivity contribution in [1.29, 1.82) is 0 Å². The average molecular weight is 1320 g/mol. The van der Waals surface area contributed by atoms with Crippen molar-refractivity contribution < 1.29 is 64.6 Å². The van der Waals surface area contributed by atoms with E-state index in [0.717, 1.165) is 38.5 Å². The van der Waals surface area contributed by atoms with Crippen LogP contribution in [0.3, 0.4) is 0 Å². The lowest BCUT2D eigenvalue weighted by atomic mass is 9.97. The Hall–Kier alpha value is -1.53. The molecule has 550 valence electrons. The van der Waals surface area contributed by atoms with Crippen molar-refractivity contribution in [2.45, 2.75) is 453 Å². The summed E-state index contributed by atoms with van der Waals surface area (Å²) in [5.74, 6) is -0.230. The van der Waals surface area contributed by atoms with Crippen LogP contribution in [0.1, 0.15) is 380 Å². The molecule has 14 heteroatoms. The van der Waals surface area contributed by atoms with E-state index in [0.29, 0.717) is 6.42 Å². The lowest BCUT2D eigenvalue weighted by Crippen LogP contribution is -2.65. The van der Waals surface area contributed by atoms with E-state index in [1.807, 2.05) is 6.08 Å². The number of hydrogen-bond acceptors (Lipinski definition) is 13. The molecule has 14 nitrogen and oxygen atoms in total. The van der Waals surface area contributed by atoms with Gasteiger partial charge in [-0.1, -0.05) is 353 Å². The first kappa shape index (κ1) is 87.6. The SMILES string of the molecule is CCCCCCCCCC/C=C\CCCCCCCCCCCCCCCCCCCCCCCCCC(=O)NC(COC1OC(CO)C(OC2OC(CO)C(O)C(O)C2O)C(O)C1O)C(O)/C=C/CCCCCCCCCCCCCCCCCCCCCCCC. The number of aliphatic hydroxyl groups excluding tert-OH is 8. The molecule has 0 aromatic heterocycles. The maximum atomic E-state index is 13.4. The highest BCUT2D eigenvalue weighted by Gasteiger charge is 2.51. The fraction of sp³-hybridized carbons (Fsp3) is 0.937. The highest BCUT2D eigenvalue weighted by Crippen LogP contribution is 2.30. The molecule has 0 aromatic rings. The summed E-state index contributed by atoms with van der Waals surface area (Å²) in [6.07, 6.45) is 65.5. The molecule has 2 aliphatic rings. The Balaban J connectivity index is 1.60. The van der Waals surface area contributed by atoms with E-state index in [1.54, 1.807) is 6.08 Å². The summed E-state index contributed by atoms with van der Waals surface area (Å²) in [6.45, 7) is 2.87. The van der Waals surface area contributed by atoms with E-state index in [2.05, 4.69) is 31.3 Å². The number of carbonyl (C=O) groups is 1. The van der Waals surface area contributed by atoms with E-state index < -0.39 is 86.8 Å². The summed E-state index contributed by atoms with van der Waals surface area (Å²) in [5.41, 5.74) is 0. The summed E-state index contributed by atoms with van der Waals surface area (Å²) in [6, 6.07) is -0.913. The van der Waals surface area contributed by atoms with E-state index in [1.165, 1.54) is 315 Å². The zero-order valence-electron chi connectivity index (χ0n) is 60.3. The Morgan fingerprint density at radius 2 is 0.677 bits per heavy atom. The first-order valence-electron chi connectivity index (χ1n) is 40.1. The van der Waals surface area contributed by atoms with Crippen LogP contribution in [0.15, 0.2) is 24.3 Å². The number of rotatable bonds is 68. The predicted molar refractivity (Wildman–Crippen MR) is 383 cm³/mol. The molecule has 0 saturated carbocycles. The van der Waals surface area contributed by atoms with Crippen LogP contribution in [0.4, 0.5) is 0 Å². The molecule has 2 aliphatic heterocycles. The van der Waals surface area contributed by atoms with Gasteiger partial charge in [0.2, 0.25) is 5.91 Å². The van der Waals surface area contributed by atoms with Gasteiger partial charge in [0.15, 0.2) is 12.6 Å². The molecular weight excluding hydrogens is 1170 g/mol. The van der Waals surface area contributed by atoms with Gasteiger partial charge in [0, 0.05) is 6.42 Å². The molecule has 0 bridgehead atoms. The summed E-state index contributed by atoms with van der Waals surface area (Å²) >= 11 is 0. The van der Waals surface area contributed by atoms with E-state index in [-0.39, 0.29) is 18.9 Å². The van der Waals surface area contributed by atoms with Gasteiger partial charge < -0.3 is 65.1 Å². The molecular formula is C79H151NO13. The third-order valence-electron chi connectivity index (χ3n) is 19.9. The molecule has 2 rings (SSSR count). The normalized spacial score (nSPS) is 22.6. The quantitative estimate of drug-likeness (QED) is 0.0204. The fourth-order valence-electron chi connectivity index (χ4n) is 13.5. The Labute approximate surface area is 570 Å². The van der Waals surface area contributed by atoms with Gasteiger partial charge in [-0.15, -0.1) is 0 Å². The fourth-order valence-corrected chi connectivity index (χ4v) is 13.5. The van der Waals surface area contributed by atoms with Gasteiger partial charge in [0.05, 0.1) is 32.0 Å². The van der Waals surface area contributed by atoms with Crippen LogP contribution < -0.4 is 5.32 Å². The van der Waals surface area contributed by atoms with Crippen LogP contribution in [0.5, 0.6) is 0 Å². The number of amides is 1. The second-order valence-electron chi connectivity index (χ2n) is 28.5. The van der Waals surface area contributed by atoms with Crippen LogP contribution in [0, 0.1) is 0 Å². The van der Waals surface area contributed by atoms with E-state index in [9.17, 15) is 45.6 Å². The molecule has 0 aromatic carbocycles. The highest BCUT2D eigenvalue weighted by atomic mass is 16.7. The van der Waals surface area contributed by atoms with Crippen molar-refractivity contribution in [3.63, 3.8) is 0 Å². The molecule has 2 fully saturated rings. The van der Waals surface area contributed by atoms with Crippen LogP contribution >= 0.6 is 0 Å². The van der Waals surface area contributed by atoms with Gasteiger partial charge >= 0.3 is 0 Å². The molecule has 9 N–H and O–H groups in total. The van der Waals surface area contributed by atoms with Crippen molar-refractivity contribution in [2.75, 3.05) is 19.8 Å². The van der Waals surface area contributed by atoms with Crippen LogP contribution in [0.25, 0.3) is 0 Å². The number of unbranched alkanes of at least 4 members (excludes halogenated alkanes) is 53. The molecule has 2 saturated heterocycles. The maximum absolute atomic E-state index is 13.4. The number of nitrogens with one attached hydrogen (secondary N) is 1. The highest BCUT2D eigenvalue weighted by molar-refractivity contribution is 5.76. The number of ether oxygens (including phenoxy) is 4. The molecule has 12 atom stereocenters. The van der Waals surface area contributed by atoms with Crippen LogP contribution in [0.2, 0.25) is 0 Å². The van der Waals surface area contributed by atoms with Crippen molar-refractivity contribution in [3.05, 3.63) is 24.3 Å². The second kappa shape index (κ2) is 63.9. The van der Waals surface area contributed by atoms with Gasteiger partial charge in [0.1, 0.15) is 48.8 Å². The van der Waals surface area contributed by atoms with E-state index in [4.69, 9.17) is 18.9 Å². The van der Waals surface area contributed by atoms with E-state index >= 15 is 0 Å². The van der Waals surface area contributed by atoms with Gasteiger partial charge in [-0.25, -0.2) is 0 Å². The average Bonchev–Trinajstić information content (AvgIpc) is 0.854. The lowest BCUT2D eigenvalue weighted by Gasteiger charge is -2.46. The Morgan fingerprint density at radius 1 is 0.376 bits per heavy atom. The van der Waals surface area contributed by atoms with Gasteiger partial charge in [-0.3, -0.25) is 4.79 Å². The number of aliphatic hydroxyl groups is 8. The first-order chi connectivity index (χ1) is 45.6. The zero-order chi connectivity index (χ0) is 67.3. The molecule has 12 unspecified atom stereocenters. The van der Waals surface area contributed by atoms with Gasteiger partial charge in [0.25, 0.3) is 0 Å². The number of allylic oxidation sites excluding steroid dienone is 3. The first-order valence-corrected chi connectivity index (χ1v) is 40.1. The Morgan fingerprint density at radius 3 is 1.02 bits per heavy atom. The molecule has 1 amide bonds. The predicted octanol–water partition coefficient (Wildman–Crippen LogP) is 17.9. The second-order valence-corrected chi connectivity index (χ2v) is 28.5. The summed E-state index contributed by atoms with van der Waals surface area (Å²) in [5, 5.41) is 87.6. The molecule has 93 heavy (non-hydrogen) atoms. The Kier molecular flexibility index (Phi) is 60.1. The van der Waals surface area contributed by atoms with Crippen LogP contribution in [-0.2, 0) is 23.7 Å². The van der Waals surface area contributed by atoms with Crippen molar-refractivity contribution in [3.8, 4) is 0 Å². The van der Waals surface area contributed by atoms with Gasteiger partial charge in [-0.2, -0.15) is 0 Å². The largest absolute Gasteiger partial charge is 0.394 e. The maximum Gasteiger partial charge on any atom is 0.220 e. The molecule has 0 spiro atoms. The minimum atomic E-state index is -1.79. The molecule has 2 heterocycles. The number of hydrogen-bond donors (Lipinski definition) is 9. The zero-order valence-corrected chi connectivity index (χ0v) is 60.3. The standard InChI is InChI=1S/C79H151NO13/c1-3-5-7-9-11-13-15-17-19-21-23-25-27-29-30-31-32-33-34-35-36-37-38-39-41-43-45-47-49-51-53-55-57-59-61-63-71(84)80-67(66-90-78-76(89)74(87)77(70(65-82)92-78)93-79-75(88)73(86)72(85)69(64-81)91-79)68(83)62-60-58-56-54-52-50-48-46-44-42-40-28-26-24-22-20-18-16-14-12-10-8-6-4-2/h21,23,60,62,67-70,72-79,81-83,85-89H,3-20,22,24-59,61,63-66H2,1-2H3,(H,80,84)/b23-21-,62-60+. The third kappa shape index (κ3) is 47.2. The topological polar surface area (TPSA) is 228 Å². The number of carbonyl (C=O) groups excluding carboxylic acids is 1. The molecule has 0 radical (unpaired) electrons. The van der Waals surface area contributed by atoms with Gasteiger partial charge in [-0.05, 0) is 44.9 Å². The summed E-state index contributed by atoms with van der Waals surface area (Å²) in [4.78, 5) is 13.4. The monoisotopic (exact) mass is 1320 g/mol. The summed E-state index contributed by atoms with van der Waals surface area (Å²) < 4.78 is 22.9.